The molecule has 0 radical (unpaired) electrons. The summed E-state index contributed by atoms with van der Waals surface area (Å²) in [4.78, 5) is 52.3. The maximum absolute atomic E-state index is 13.5. The topological polar surface area (TPSA) is 152 Å². The Morgan fingerprint density at radius 1 is 1.05 bits per heavy atom. The number of rotatable bonds is 9. The number of nitrogens with one attached hydrogen (secondary N) is 3. The van der Waals surface area contributed by atoms with Crippen LogP contribution < -0.4 is 16.6 Å². The van der Waals surface area contributed by atoms with E-state index < -0.39 is 23.0 Å². The van der Waals surface area contributed by atoms with Crippen molar-refractivity contribution in [3.05, 3.63) is 98.3 Å². The number of benzene rings is 2. The summed E-state index contributed by atoms with van der Waals surface area (Å²) in [5.41, 5.74) is 0.495. The second-order valence-electron chi connectivity index (χ2n) is 7.64. The van der Waals surface area contributed by atoms with Crippen molar-refractivity contribution in [1.29, 1.82) is 0 Å². The number of hydrogen-bond donors (Lipinski definition) is 3. The van der Waals surface area contributed by atoms with Gasteiger partial charge >= 0.3 is 11.7 Å². The number of hydrogen-bond acceptors (Lipinski definition) is 8. The monoisotopic (exact) mass is 524 g/mol. The maximum atomic E-state index is 13.5. The molecule has 0 aliphatic carbocycles. The van der Waals surface area contributed by atoms with Crippen molar-refractivity contribution >= 4 is 29.3 Å². The molecule has 11 nitrogen and oxygen atoms in total. The quantitative estimate of drug-likeness (QED) is 0.223. The summed E-state index contributed by atoms with van der Waals surface area (Å²) in [5, 5.41) is 11.4. The molecule has 0 spiro atoms. The fourth-order valence-electron chi connectivity index (χ4n) is 3.37. The van der Waals surface area contributed by atoms with E-state index in [-0.39, 0.29) is 24.7 Å². The molecule has 0 atom stereocenters. The van der Waals surface area contributed by atoms with Gasteiger partial charge in [0.1, 0.15) is 11.6 Å². The largest absolute Gasteiger partial charge is 0.462 e. The number of anilines is 1. The molecule has 0 aliphatic heterocycles. The minimum Gasteiger partial charge on any atom is -0.462 e. The predicted molar refractivity (Wildman–Crippen MR) is 134 cm³/mol. The van der Waals surface area contributed by atoms with Gasteiger partial charge in [-0.05, 0) is 55.5 Å². The first kappa shape index (κ1) is 25.6. The van der Waals surface area contributed by atoms with Gasteiger partial charge in [0.25, 0.3) is 5.56 Å². The number of carbonyl (C=O) groups excluding carboxylic acids is 2. The summed E-state index contributed by atoms with van der Waals surface area (Å²) >= 11 is 1.10. The number of ether oxygens (including phenoxy) is 1. The fraction of sp³-hybridized carbons (Fsp3) is 0.167. The van der Waals surface area contributed by atoms with Crippen molar-refractivity contribution in [2.24, 2.45) is 0 Å². The minimum atomic E-state index is -0.656. The molecule has 0 unspecified atom stereocenters. The number of aromatic amines is 2. The number of H-pyrrole nitrogens is 2. The molecule has 0 saturated heterocycles. The molecule has 3 N–H and O–H groups in total. The SMILES string of the molecule is CCOC(=O)c1ccc(NC(=O)CSc2nnc(Cc3cc(=O)[nH]c(=O)[nH]3)n2-c2ccc(F)cc2)cc1. The first-order valence-electron chi connectivity index (χ1n) is 11.0. The molecular formula is C24H21FN6O5S. The van der Waals surface area contributed by atoms with E-state index in [1.165, 1.54) is 30.3 Å². The average Bonchev–Trinajstić information content (AvgIpc) is 3.25. The lowest BCUT2D eigenvalue weighted by Crippen LogP contribution is -2.23. The number of carbonyl (C=O) groups is 2. The van der Waals surface area contributed by atoms with Crippen LogP contribution in [-0.4, -0.2) is 49.0 Å². The third-order valence-corrected chi connectivity index (χ3v) is 5.89. The van der Waals surface area contributed by atoms with Crippen LogP contribution in [-0.2, 0) is 16.0 Å². The first-order chi connectivity index (χ1) is 17.8. The van der Waals surface area contributed by atoms with Crippen LogP contribution in [0.3, 0.4) is 0 Å². The van der Waals surface area contributed by atoms with Gasteiger partial charge in [-0.15, -0.1) is 10.2 Å². The highest BCUT2D eigenvalue weighted by atomic mass is 32.2. The van der Waals surface area contributed by atoms with Crippen molar-refractivity contribution in [1.82, 2.24) is 24.7 Å². The van der Waals surface area contributed by atoms with E-state index in [2.05, 4.69) is 25.5 Å². The Labute approximate surface area is 213 Å². The number of halogens is 1. The average molecular weight is 525 g/mol. The van der Waals surface area contributed by atoms with Gasteiger partial charge in [0.15, 0.2) is 5.16 Å². The third kappa shape index (κ3) is 6.58. The zero-order chi connectivity index (χ0) is 26.4. The van der Waals surface area contributed by atoms with Crippen LogP contribution in [0.2, 0.25) is 0 Å². The second kappa shape index (κ2) is 11.5. The zero-order valence-corrected chi connectivity index (χ0v) is 20.3. The predicted octanol–water partition coefficient (Wildman–Crippen LogP) is 2.28. The third-order valence-electron chi connectivity index (χ3n) is 4.96. The molecule has 0 aliphatic rings. The fourth-order valence-corrected chi connectivity index (χ4v) is 4.14. The highest BCUT2D eigenvalue weighted by molar-refractivity contribution is 7.99. The smallest absolute Gasteiger partial charge is 0.338 e. The van der Waals surface area contributed by atoms with Gasteiger partial charge in [-0.2, -0.15) is 0 Å². The molecule has 1 amide bonds. The van der Waals surface area contributed by atoms with E-state index in [0.717, 1.165) is 11.8 Å². The maximum Gasteiger partial charge on any atom is 0.338 e. The second-order valence-corrected chi connectivity index (χ2v) is 8.58. The van der Waals surface area contributed by atoms with E-state index in [0.29, 0.717) is 33.6 Å². The van der Waals surface area contributed by atoms with Gasteiger partial charge in [-0.25, -0.2) is 14.0 Å². The molecule has 0 fully saturated rings. The number of nitrogens with zero attached hydrogens (tertiary/aromatic N) is 3. The molecule has 0 saturated carbocycles. The Kier molecular flexibility index (Phi) is 7.93. The number of thioether (sulfide) groups is 1. The van der Waals surface area contributed by atoms with Gasteiger partial charge in [0.2, 0.25) is 5.91 Å². The molecule has 2 aromatic heterocycles. The first-order valence-corrected chi connectivity index (χ1v) is 12.0. The highest BCUT2D eigenvalue weighted by Gasteiger charge is 2.17. The summed E-state index contributed by atoms with van der Waals surface area (Å²) in [7, 11) is 0. The molecular weight excluding hydrogens is 503 g/mol. The van der Waals surface area contributed by atoms with Crippen LogP contribution in [0.5, 0.6) is 0 Å². The van der Waals surface area contributed by atoms with Gasteiger partial charge in [-0.3, -0.25) is 19.1 Å². The molecule has 2 aromatic carbocycles. The number of esters is 1. The number of aromatic nitrogens is 5. The Morgan fingerprint density at radius 2 is 1.78 bits per heavy atom. The minimum absolute atomic E-state index is 0.0270. The Bertz CT molecular complexity index is 1500. The lowest BCUT2D eigenvalue weighted by molar-refractivity contribution is -0.113. The van der Waals surface area contributed by atoms with E-state index in [4.69, 9.17) is 4.74 Å². The molecule has 0 bridgehead atoms. The van der Waals surface area contributed by atoms with Crippen LogP contribution in [0, 0.1) is 5.82 Å². The summed E-state index contributed by atoms with van der Waals surface area (Å²) in [6.45, 7) is 1.98. The van der Waals surface area contributed by atoms with Crippen LogP contribution >= 0.6 is 11.8 Å². The zero-order valence-electron chi connectivity index (χ0n) is 19.5. The van der Waals surface area contributed by atoms with Crippen LogP contribution in [0.1, 0.15) is 28.8 Å². The Morgan fingerprint density at radius 3 is 2.46 bits per heavy atom. The van der Waals surface area contributed by atoms with Crippen LogP contribution in [0.4, 0.5) is 10.1 Å². The molecule has 190 valence electrons. The molecule has 4 rings (SSSR count). The number of amides is 1. The van der Waals surface area contributed by atoms with Crippen molar-refractivity contribution in [3.63, 3.8) is 0 Å². The Hall–Kier alpha value is -4.52. The molecule has 37 heavy (non-hydrogen) atoms. The standard InChI is InChI=1S/C24H21FN6O5S/c1-2-36-22(34)14-3-7-16(8-4-14)26-21(33)13-37-24-30-29-19(11-17-12-20(32)28-23(35)27-17)31(24)18-9-5-15(25)6-10-18/h3-10,12H,2,11,13H2,1H3,(H,26,33)(H2,27,28,32,35). The summed E-state index contributed by atoms with van der Waals surface area (Å²) < 4.78 is 20.1. The summed E-state index contributed by atoms with van der Waals surface area (Å²) in [6, 6.07) is 13.1. The van der Waals surface area contributed by atoms with Gasteiger partial charge in [0, 0.05) is 29.6 Å². The van der Waals surface area contributed by atoms with Gasteiger partial charge in [0.05, 0.1) is 17.9 Å². The molecule has 13 heteroatoms. The summed E-state index contributed by atoms with van der Waals surface area (Å²) in [5.74, 6) is -0.870. The van der Waals surface area contributed by atoms with Crippen molar-refractivity contribution in [2.75, 3.05) is 17.7 Å². The van der Waals surface area contributed by atoms with Crippen molar-refractivity contribution in [2.45, 2.75) is 18.5 Å². The Balaban J connectivity index is 1.51. The van der Waals surface area contributed by atoms with E-state index in [1.807, 2.05) is 0 Å². The van der Waals surface area contributed by atoms with Crippen LogP contribution in [0.15, 0.2) is 69.3 Å². The van der Waals surface area contributed by atoms with Gasteiger partial charge < -0.3 is 15.0 Å². The van der Waals surface area contributed by atoms with Crippen LogP contribution in [0.25, 0.3) is 5.69 Å². The lowest BCUT2D eigenvalue weighted by atomic mass is 10.2. The lowest BCUT2D eigenvalue weighted by Gasteiger charge is -2.11. The van der Waals surface area contributed by atoms with E-state index in [1.54, 1.807) is 35.8 Å². The summed E-state index contributed by atoms with van der Waals surface area (Å²) in [6.07, 6.45) is 0.0586. The molecule has 2 heterocycles. The normalized spacial score (nSPS) is 10.8. The van der Waals surface area contributed by atoms with Gasteiger partial charge in [-0.1, -0.05) is 11.8 Å². The van der Waals surface area contributed by atoms with Crippen molar-refractivity contribution in [3.8, 4) is 5.69 Å². The van der Waals surface area contributed by atoms with E-state index in [9.17, 15) is 23.6 Å². The van der Waals surface area contributed by atoms with E-state index >= 15 is 0 Å². The van der Waals surface area contributed by atoms with Crippen molar-refractivity contribution < 1.29 is 18.7 Å². The highest BCUT2D eigenvalue weighted by Crippen LogP contribution is 2.24. The molecule has 4 aromatic rings.